The molecule has 1 aliphatic heterocycles. The number of carbonyl (C=O) groups is 1. The van der Waals surface area contributed by atoms with Gasteiger partial charge < -0.3 is 9.88 Å². The first kappa shape index (κ1) is 17.6. The number of nitrogens with one attached hydrogen (secondary N) is 1. The molecule has 2 heterocycles. The number of aromatic nitrogens is 2. The fraction of sp³-hybridized carbons (Fsp3) is 0.444. The maximum Gasteiger partial charge on any atom is 0.232 e. The first-order chi connectivity index (χ1) is 12.9. The number of piperidine rings is 1. The average molecular weight is 376 g/mol. The van der Waals surface area contributed by atoms with Crippen molar-refractivity contribution in [3.8, 4) is 11.3 Å². The molecule has 0 spiro atoms. The van der Waals surface area contributed by atoms with Gasteiger partial charge in [0.15, 0.2) is 11.6 Å². The molecule has 142 valence electrons. The summed E-state index contributed by atoms with van der Waals surface area (Å²) < 4.78 is 26.5. The van der Waals surface area contributed by atoms with Crippen molar-refractivity contribution < 1.29 is 18.5 Å². The number of aromatic amines is 1. The van der Waals surface area contributed by atoms with Gasteiger partial charge in [0.05, 0.1) is 11.9 Å². The Hall–Kier alpha value is -2.84. The van der Waals surface area contributed by atoms with E-state index in [1.807, 2.05) is 0 Å². The summed E-state index contributed by atoms with van der Waals surface area (Å²) in [6, 6.07) is 2.96. The fourth-order valence-electron chi connectivity index (χ4n) is 3.64. The van der Waals surface area contributed by atoms with Crippen molar-refractivity contribution in [1.29, 1.82) is 0 Å². The van der Waals surface area contributed by atoms with Crippen LogP contribution in [-0.2, 0) is 4.79 Å². The van der Waals surface area contributed by atoms with E-state index >= 15 is 0 Å². The Kier molecular flexibility index (Phi) is 4.37. The van der Waals surface area contributed by atoms with E-state index in [1.165, 1.54) is 6.07 Å². The molecule has 27 heavy (non-hydrogen) atoms. The molecule has 2 fully saturated rings. The van der Waals surface area contributed by atoms with Crippen LogP contribution in [0.5, 0.6) is 0 Å². The fourth-order valence-corrected chi connectivity index (χ4v) is 3.64. The Morgan fingerprint density at radius 1 is 1.26 bits per heavy atom. The van der Waals surface area contributed by atoms with E-state index in [1.54, 1.807) is 11.1 Å². The largest absolute Gasteiger partial charge is 0.342 e. The number of imidazole rings is 1. The minimum atomic E-state index is -0.913. The number of carbonyl (C=O) groups excluding carboxylic acids is 1. The summed E-state index contributed by atoms with van der Waals surface area (Å²) in [5.41, 5.74) is 1.12. The number of benzene rings is 1. The Labute approximate surface area is 153 Å². The molecule has 4 rings (SSSR count). The molecule has 1 N–H and O–H groups in total. The van der Waals surface area contributed by atoms with E-state index < -0.39 is 23.6 Å². The molecule has 2 aromatic rings. The molecule has 9 heteroatoms. The van der Waals surface area contributed by atoms with E-state index in [4.69, 9.17) is 0 Å². The summed E-state index contributed by atoms with van der Waals surface area (Å²) in [6.45, 7) is 1.07. The van der Waals surface area contributed by atoms with Crippen LogP contribution < -0.4 is 0 Å². The second-order valence-electron chi connectivity index (χ2n) is 7.11. The quantitative estimate of drug-likeness (QED) is 0.656. The molecule has 2 aliphatic rings. The van der Waals surface area contributed by atoms with Crippen LogP contribution in [0, 0.1) is 27.7 Å². The number of nitrogens with zero attached hydrogens (tertiary/aromatic N) is 3. The van der Waals surface area contributed by atoms with Gasteiger partial charge in [-0.3, -0.25) is 14.9 Å². The van der Waals surface area contributed by atoms with Crippen LogP contribution in [0.15, 0.2) is 24.4 Å². The maximum absolute atomic E-state index is 13.4. The zero-order valence-corrected chi connectivity index (χ0v) is 14.4. The van der Waals surface area contributed by atoms with Crippen LogP contribution in [0.25, 0.3) is 11.3 Å². The van der Waals surface area contributed by atoms with Gasteiger partial charge in [0.1, 0.15) is 11.7 Å². The highest BCUT2D eigenvalue weighted by Crippen LogP contribution is 2.36. The van der Waals surface area contributed by atoms with Crippen LogP contribution in [-0.4, -0.2) is 44.8 Å². The second kappa shape index (κ2) is 6.71. The average Bonchev–Trinajstić information content (AvgIpc) is 3.33. The third-order valence-electron chi connectivity index (χ3n) is 5.36. The standard InChI is InChI=1S/C18H18F2N4O3/c19-13-2-1-11(7-14(13)20)15-9-21-17(22-15)10-3-5-23(6-4-10)18(25)12-8-16(12)24(26)27/h1-2,7,9-10,12,16H,3-6,8H2,(H,21,22). The molecule has 0 radical (unpaired) electrons. The Balaban J connectivity index is 1.38. The third-order valence-corrected chi connectivity index (χ3v) is 5.36. The highest BCUT2D eigenvalue weighted by Gasteiger charge is 2.54. The number of halogens is 2. The first-order valence-corrected chi connectivity index (χ1v) is 8.86. The van der Waals surface area contributed by atoms with Gasteiger partial charge >= 0.3 is 0 Å². The van der Waals surface area contributed by atoms with E-state index in [0.29, 0.717) is 43.6 Å². The molecule has 1 aliphatic carbocycles. The van der Waals surface area contributed by atoms with Gasteiger partial charge in [0.2, 0.25) is 11.9 Å². The summed E-state index contributed by atoms with van der Waals surface area (Å²) in [4.78, 5) is 31.9. The highest BCUT2D eigenvalue weighted by atomic mass is 19.2. The molecule has 1 aromatic heterocycles. The zero-order valence-electron chi connectivity index (χ0n) is 14.4. The molecular weight excluding hydrogens is 358 g/mol. The van der Waals surface area contributed by atoms with Crippen LogP contribution in [0.1, 0.15) is 31.0 Å². The number of rotatable bonds is 4. The van der Waals surface area contributed by atoms with Gasteiger partial charge in [0, 0.05) is 35.9 Å². The smallest absolute Gasteiger partial charge is 0.232 e. The first-order valence-electron chi connectivity index (χ1n) is 8.86. The molecule has 7 nitrogen and oxygen atoms in total. The Morgan fingerprint density at radius 2 is 2.00 bits per heavy atom. The van der Waals surface area contributed by atoms with Gasteiger partial charge in [-0.2, -0.15) is 0 Å². The molecule has 2 unspecified atom stereocenters. The van der Waals surface area contributed by atoms with Crippen LogP contribution in [0.2, 0.25) is 0 Å². The van der Waals surface area contributed by atoms with Crippen LogP contribution >= 0.6 is 0 Å². The maximum atomic E-state index is 13.4. The van der Waals surface area contributed by atoms with Gasteiger partial charge in [0.25, 0.3) is 0 Å². The lowest BCUT2D eigenvalue weighted by molar-refractivity contribution is -0.497. The predicted molar refractivity (Wildman–Crippen MR) is 91.4 cm³/mol. The van der Waals surface area contributed by atoms with Crippen LogP contribution in [0.4, 0.5) is 8.78 Å². The number of nitro groups is 1. The molecule has 1 aromatic carbocycles. The minimum absolute atomic E-state index is 0.124. The highest BCUT2D eigenvalue weighted by molar-refractivity contribution is 5.82. The number of H-pyrrole nitrogens is 1. The van der Waals surface area contributed by atoms with E-state index in [0.717, 1.165) is 18.0 Å². The summed E-state index contributed by atoms with van der Waals surface area (Å²) in [7, 11) is 0. The van der Waals surface area contributed by atoms with Crippen molar-refractivity contribution in [2.45, 2.75) is 31.2 Å². The number of hydrogen-bond acceptors (Lipinski definition) is 4. The van der Waals surface area contributed by atoms with Gasteiger partial charge in [-0.1, -0.05) is 0 Å². The SMILES string of the molecule is O=C(C1CC1[N+](=O)[O-])N1CCC(c2ncc(-c3ccc(F)c(F)c3)[nH]2)CC1. The topological polar surface area (TPSA) is 92.1 Å². The zero-order chi connectivity index (χ0) is 19.1. The van der Waals surface area contributed by atoms with Gasteiger partial charge in [-0.05, 0) is 31.0 Å². The molecule has 2 atom stereocenters. The lowest BCUT2D eigenvalue weighted by atomic mass is 9.96. The molecular formula is C18H18F2N4O3. The van der Waals surface area contributed by atoms with Crippen molar-refractivity contribution >= 4 is 5.91 Å². The Bertz CT molecular complexity index is 892. The summed E-state index contributed by atoms with van der Waals surface area (Å²) in [5, 5.41) is 10.7. The van der Waals surface area contributed by atoms with Crippen molar-refractivity contribution in [2.75, 3.05) is 13.1 Å². The lowest BCUT2D eigenvalue weighted by Crippen LogP contribution is -2.39. The number of hydrogen-bond donors (Lipinski definition) is 1. The molecule has 0 bridgehead atoms. The molecule has 1 amide bonds. The monoisotopic (exact) mass is 376 g/mol. The van der Waals surface area contributed by atoms with Gasteiger partial charge in [-0.25, -0.2) is 13.8 Å². The lowest BCUT2D eigenvalue weighted by Gasteiger charge is -2.31. The Morgan fingerprint density at radius 3 is 2.63 bits per heavy atom. The predicted octanol–water partition coefficient (Wildman–Crippen LogP) is 2.73. The van der Waals surface area contributed by atoms with Crippen molar-refractivity contribution in [3.05, 3.63) is 52.0 Å². The van der Waals surface area contributed by atoms with E-state index in [-0.39, 0.29) is 16.7 Å². The third kappa shape index (κ3) is 3.41. The summed E-state index contributed by atoms with van der Waals surface area (Å²) in [5.74, 6) is -1.54. The second-order valence-corrected chi connectivity index (χ2v) is 7.11. The van der Waals surface area contributed by atoms with Crippen molar-refractivity contribution in [2.24, 2.45) is 5.92 Å². The normalized spacial score (nSPS) is 22.7. The van der Waals surface area contributed by atoms with Gasteiger partial charge in [-0.15, -0.1) is 0 Å². The minimum Gasteiger partial charge on any atom is -0.342 e. The number of likely N-dealkylation sites (tertiary alicyclic amines) is 1. The molecule has 1 saturated heterocycles. The van der Waals surface area contributed by atoms with Crippen molar-refractivity contribution in [3.63, 3.8) is 0 Å². The van der Waals surface area contributed by atoms with E-state index in [2.05, 4.69) is 9.97 Å². The molecule has 1 saturated carbocycles. The van der Waals surface area contributed by atoms with Crippen molar-refractivity contribution in [1.82, 2.24) is 14.9 Å². The van der Waals surface area contributed by atoms with E-state index in [9.17, 15) is 23.7 Å². The summed E-state index contributed by atoms with van der Waals surface area (Å²) >= 11 is 0. The van der Waals surface area contributed by atoms with Crippen LogP contribution in [0.3, 0.4) is 0 Å². The number of amides is 1. The summed E-state index contributed by atoms with van der Waals surface area (Å²) in [6.07, 6.45) is 3.32.